The van der Waals surface area contributed by atoms with E-state index in [9.17, 15) is 4.79 Å². The highest BCUT2D eigenvalue weighted by atomic mass is 127. The van der Waals surface area contributed by atoms with Crippen molar-refractivity contribution in [2.24, 2.45) is 0 Å². The first-order valence-electron chi connectivity index (χ1n) is 8.19. The molecule has 0 radical (unpaired) electrons. The van der Waals surface area contributed by atoms with Gasteiger partial charge in [-0.15, -0.1) is 0 Å². The maximum absolute atomic E-state index is 11.8. The predicted octanol–water partition coefficient (Wildman–Crippen LogP) is 4.72. The minimum atomic E-state index is -0.267. The van der Waals surface area contributed by atoms with Gasteiger partial charge in [0, 0.05) is 10.9 Å². The monoisotopic (exact) mass is 463 g/mol. The Morgan fingerprint density at radius 3 is 2.85 bits per heavy atom. The highest BCUT2D eigenvalue weighted by Gasteiger charge is 2.11. The number of nitrogens with one attached hydrogen (secondary N) is 1. The van der Waals surface area contributed by atoms with Crippen LogP contribution in [0.1, 0.15) is 23.8 Å². The summed E-state index contributed by atoms with van der Waals surface area (Å²) in [6.07, 6.45) is 1.38. The molecule has 3 aromatic rings. The van der Waals surface area contributed by atoms with Gasteiger partial charge in [0.2, 0.25) is 0 Å². The number of fused-ring (bicyclic) bond motifs is 1. The van der Waals surface area contributed by atoms with Crippen LogP contribution in [0.5, 0.6) is 5.75 Å². The SMILES string of the molecule is CCOC(=O)Cc1ccccc1OCc1cc(I)c2oc(C=N)cc2c1. The first-order valence-corrected chi connectivity index (χ1v) is 9.27. The summed E-state index contributed by atoms with van der Waals surface area (Å²) in [7, 11) is 0. The lowest BCUT2D eigenvalue weighted by Crippen LogP contribution is -2.09. The normalized spacial score (nSPS) is 10.7. The van der Waals surface area contributed by atoms with E-state index in [1.807, 2.05) is 42.5 Å². The summed E-state index contributed by atoms with van der Waals surface area (Å²) in [5.74, 6) is 0.927. The maximum Gasteiger partial charge on any atom is 0.310 e. The number of benzene rings is 2. The summed E-state index contributed by atoms with van der Waals surface area (Å²) in [5.41, 5.74) is 2.57. The van der Waals surface area contributed by atoms with Crippen molar-refractivity contribution in [2.45, 2.75) is 20.0 Å². The van der Waals surface area contributed by atoms with Crippen molar-refractivity contribution in [3.8, 4) is 5.75 Å². The smallest absolute Gasteiger partial charge is 0.310 e. The minimum Gasteiger partial charge on any atom is -0.489 e. The molecular formula is C20H18INO4. The number of hydrogen-bond donors (Lipinski definition) is 1. The molecule has 0 aliphatic carbocycles. The zero-order valence-corrected chi connectivity index (χ0v) is 16.4. The number of para-hydroxylation sites is 1. The van der Waals surface area contributed by atoms with Crippen LogP contribution in [0.25, 0.3) is 11.0 Å². The van der Waals surface area contributed by atoms with E-state index in [1.165, 1.54) is 6.21 Å². The van der Waals surface area contributed by atoms with Gasteiger partial charge >= 0.3 is 5.97 Å². The third kappa shape index (κ3) is 4.24. The summed E-state index contributed by atoms with van der Waals surface area (Å²) in [6, 6.07) is 13.3. The summed E-state index contributed by atoms with van der Waals surface area (Å²) in [6.45, 7) is 2.53. The minimum absolute atomic E-state index is 0.186. The van der Waals surface area contributed by atoms with E-state index >= 15 is 0 Å². The third-order valence-corrected chi connectivity index (χ3v) is 4.60. The molecule has 0 unspecified atom stereocenters. The van der Waals surface area contributed by atoms with E-state index in [0.29, 0.717) is 24.7 Å². The standard InChI is InChI=1S/C20H18INO4/c1-2-24-19(23)10-14-5-3-4-6-18(14)25-12-13-7-15-9-16(11-22)26-20(15)17(21)8-13/h3-9,11,22H,2,10,12H2,1H3. The van der Waals surface area contributed by atoms with E-state index in [4.69, 9.17) is 19.3 Å². The van der Waals surface area contributed by atoms with Gasteiger partial charge in [-0.2, -0.15) is 0 Å². The van der Waals surface area contributed by atoms with Gasteiger partial charge in [0.05, 0.1) is 22.8 Å². The highest BCUT2D eigenvalue weighted by Crippen LogP contribution is 2.27. The number of hydrogen-bond acceptors (Lipinski definition) is 5. The zero-order chi connectivity index (χ0) is 18.5. The molecule has 0 saturated heterocycles. The quantitative estimate of drug-likeness (QED) is 0.313. The van der Waals surface area contributed by atoms with Crippen LogP contribution in [0.2, 0.25) is 0 Å². The van der Waals surface area contributed by atoms with Crippen molar-refractivity contribution < 1.29 is 18.7 Å². The second-order valence-corrected chi connectivity index (χ2v) is 6.83. The molecule has 2 aromatic carbocycles. The second-order valence-electron chi connectivity index (χ2n) is 5.67. The number of carbonyl (C=O) groups excluding carboxylic acids is 1. The van der Waals surface area contributed by atoms with Gasteiger partial charge in [0.1, 0.15) is 23.7 Å². The fraction of sp³-hybridized carbons (Fsp3) is 0.200. The molecule has 134 valence electrons. The first-order chi connectivity index (χ1) is 12.6. The number of esters is 1. The molecule has 0 aliphatic heterocycles. The van der Waals surface area contributed by atoms with Gasteiger partial charge in [0.25, 0.3) is 0 Å². The van der Waals surface area contributed by atoms with Crippen LogP contribution in [-0.4, -0.2) is 18.8 Å². The molecule has 5 nitrogen and oxygen atoms in total. The van der Waals surface area contributed by atoms with Crippen LogP contribution >= 0.6 is 22.6 Å². The fourth-order valence-electron chi connectivity index (χ4n) is 2.66. The van der Waals surface area contributed by atoms with Crippen LogP contribution in [0.15, 0.2) is 46.9 Å². The Morgan fingerprint density at radius 1 is 1.27 bits per heavy atom. The lowest BCUT2D eigenvalue weighted by Gasteiger charge is -2.11. The molecule has 1 heterocycles. The molecule has 0 fully saturated rings. The highest BCUT2D eigenvalue weighted by molar-refractivity contribution is 14.1. The molecule has 0 amide bonds. The van der Waals surface area contributed by atoms with Gasteiger partial charge in [-0.05, 0) is 59.3 Å². The van der Waals surface area contributed by atoms with E-state index in [1.54, 1.807) is 6.92 Å². The number of rotatable bonds is 7. The number of ether oxygens (including phenoxy) is 2. The summed E-state index contributed by atoms with van der Waals surface area (Å²) in [4.78, 5) is 11.8. The Balaban J connectivity index is 1.78. The predicted molar refractivity (Wildman–Crippen MR) is 108 cm³/mol. The largest absolute Gasteiger partial charge is 0.489 e. The fourth-order valence-corrected chi connectivity index (χ4v) is 3.48. The van der Waals surface area contributed by atoms with Crippen molar-refractivity contribution in [3.63, 3.8) is 0 Å². The molecule has 1 aromatic heterocycles. The van der Waals surface area contributed by atoms with Gasteiger partial charge < -0.3 is 19.3 Å². The van der Waals surface area contributed by atoms with Gasteiger partial charge in [-0.1, -0.05) is 18.2 Å². The Bertz CT molecular complexity index is 948. The van der Waals surface area contributed by atoms with Crippen molar-refractivity contribution >= 4 is 45.7 Å². The number of carbonyl (C=O) groups is 1. The van der Waals surface area contributed by atoms with Gasteiger partial charge in [0.15, 0.2) is 0 Å². The van der Waals surface area contributed by atoms with E-state index in [0.717, 1.165) is 25.7 Å². The summed E-state index contributed by atoms with van der Waals surface area (Å²) < 4.78 is 17.5. The average Bonchev–Trinajstić information content (AvgIpc) is 3.05. The number of halogens is 1. The summed E-state index contributed by atoms with van der Waals surface area (Å²) >= 11 is 2.21. The van der Waals surface area contributed by atoms with Crippen LogP contribution in [-0.2, 0) is 22.6 Å². The lowest BCUT2D eigenvalue weighted by molar-refractivity contribution is -0.142. The topological polar surface area (TPSA) is 72.5 Å². The molecule has 26 heavy (non-hydrogen) atoms. The molecule has 0 atom stereocenters. The van der Waals surface area contributed by atoms with Crippen molar-refractivity contribution in [3.05, 3.63) is 62.9 Å². The first kappa shape index (κ1) is 18.4. The Labute approximate surface area is 164 Å². The zero-order valence-electron chi connectivity index (χ0n) is 14.3. The van der Waals surface area contributed by atoms with Crippen LogP contribution in [0.3, 0.4) is 0 Å². The number of furan rings is 1. The second kappa shape index (κ2) is 8.35. The molecule has 0 bridgehead atoms. The Morgan fingerprint density at radius 2 is 2.08 bits per heavy atom. The Hall–Kier alpha value is -2.35. The van der Waals surface area contributed by atoms with Crippen LogP contribution < -0.4 is 4.74 Å². The molecule has 0 saturated carbocycles. The molecule has 1 N–H and O–H groups in total. The third-order valence-electron chi connectivity index (χ3n) is 3.80. The average molecular weight is 463 g/mol. The molecular weight excluding hydrogens is 445 g/mol. The van der Waals surface area contributed by atoms with Crippen molar-refractivity contribution in [1.29, 1.82) is 5.41 Å². The molecule has 6 heteroatoms. The lowest BCUT2D eigenvalue weighted by atomic mass is 10.1. The van der Waals surface area contributed by atoms with E-state index in [-0.39, 0.29) is 12.4 Å². The summed E-state index contributed by atoms with van der Waals surface area (Å²) in [5, 5.41) is 8.26. The van der Waals surface area contributed by atoms with Crippen LogP contribution in [0, 0.1) is 8.98 Å². The van der Waals surface area contributed by atoms with Crippen LogP contribution in [0.4, 0.5) is 0 Å². The van der Waals surface area contributed by atoms with E-state index < -0.39 is 0 Å². The van der Waals surface area contributed by atoms with Gasteiger partial charge in [-0.25, -0.2) is 0 Å². The van der Waals surface area contributed by atoms with Crippen molar-refractivity contribution in [2.75, 3.05) is 6.61 Å². The molecule has 0 aliphatic rings. The van der Waals surface area contributed by atoms with Crippen molar-refractivity contribution in [1.82, 2.24) is 0 Å². The van der Waals surface area contributed by atoms with Gasteiger partial charge in [-0.3, -0.25) is 4.79 Å². The van der Waals surface area contributed by atoms with E-state index in [2.05, 4.69) is 22.6 Å². The molecule has 0 spiro atoms. The molecule has 3 rings (SSSR count). The maximum atomic E-state index is 11.8. The Kier molecular flexibility index (Phi) is 5.92.